The number of rotatable bonds is 4. The van der Waals surface area contributed by atoms with E-state index in [9.17, 15) is 13.2 Å². The van der Waals surface area contributed by atoms with Crippen molar-refractivity contribution < 1.29 is 13.2 Å². The number of alkyl halides is 3. The zero-order valence-corrected chi connectivity index (χ0v) is 19.7. The highest BCUT2D eigenvalue weighted by Crippen LogP contribution is 2.46. The maximum Gasteiger partial charge on any atom is 0.431 e. The van der Waals surface area contributed by atoms with E-state index in [-0.39, 0.29) is 16.8 Å². The topological polar surface area (TPSA) is 82.6 Å². The van der Waals surface area contributed by atoms with Crippen molar-refractivity contribution in [3.63, 3.8) is 0 Å². The van der Waals surface area contributed by atoms with E-state index < -0.39 is 11.9 Å². The molecule has 1 aliphatic carbocycles. The molecule has 4 aromatic rings. The van der Waals surface area contributed by atoms with Crippen LogP contribution in [0.25, 0.3) is 33.3 Å². The van der Waals surface area contributed by atoms with Crippen molar-refractivity contribution in [1.82, 2.24) is 30.2 Å². The van der Waals surface area contributed by atoms with E-state index in [1.807, 2.05) is 13.2 Å². The fourth-order valence-corrected chi connectivity index (χ4v) is 5.12. The summed E-state index contributed by atoms with van der Waals surface area (Å²) in [4.78, 5) is 22.8. The molecular formula is C24H23ClF3N7. The zero-order chi connectivity index (χ0) is 24.3. The van der Waals surface area contributed by atoms with E-state index >= 15 is 0 Å². The molecule has 0 unspecified atom stereocenters. The first kappa shape index (κ1) is 22.5. The number of piperidine rings is 1. The molecule has 0 amide bonds. The third-order valence-electron chi connectivity index (χ3n) is 6.98. The third kappa shape index (κ3) is 3.98. The molecule has 1 saturated heterocycles. The van der Waals surface area contributed by atoms with Crippen LogP contribution in [0.3, 0.4) is 0 Å². The molecule has 35 heavy (non-hydrogen) atoms. The minimum Gasteiger partial charge on any atom is -0.356 e. The van der Waals surface area contributed by atoms with Crippen LogP contribution in [0.4, 0.5) is 19.0 Å². The number of hydrogen-bond donors (Lipinski definition) is 2. The Labute approximate surface area is 204 Å². The molecule has 1 aliphatic heterocycles. The predicted molar refractivity (Wildman–Crippen MR) is 129 cm³/mol. The van der Waals surface area contributed by atoms with Crippen LogP contribution in [-0.2, 0) is 6.18 Å². The summed E-state index contributed by atoms with van der Waals surface area (Å²) >= 11 is 6.56. The molecule has 7 nitrogen and oxygen atoms in total. The predicted octanol–water partition coefficient (Wildman–Crippen LogP) is 5.31. The van der Waals surface area contributed by atoms with E-state index in [4.69, 9.17) is 21.6 Å². The third-order valence-corrected chi connectivity index (χ3v) is 7.25. The highest BCUT2D eigenvalue weighted by Gasteiger charge is 2.34. The van der Waals surface area contributed by atoms with Gasteiger partial charge in [0.2, 0.25) is 0 Å². The fraction of sp³-hybridized carbons (Fsp3) is 0.417. The smallest absolute Gasteiger partial charge is 0.356 e. The Balaban J connectivity index is 1.59. The first-order valence-electron chi connectivity index (χ1n) is 11.7. The number of pyridine rings is 2. The average molecular weight is 502 g/mol. The minimum absolute atomic E-state index is 0.128. The molecule has 5 heterocycles. The summed E-state index contributed by atoms with van der Waals surface area (Å²) in [6.45, 7) is 1.83. The van der Waals surface area contributed by atoms with E-state index in [1.54, 1.807) is 6.07 Å². The van der Waals surface area contributed by atoms with Crippen molar-refractivity contribution in [2.45, 2.75) is 43.8 Å². The Hall–Kier alpha value is -2.98. The lowest BCUT2D eigenvalue weighted by molar-refractivity contribution is -0.140. The van der Waals surface area contributed by atoms with Crippen LogP contribution in [-0.4, -0.2) is 51.1 Å². The molecule has 0 spiro atoms. The highest BCUT2D eigenvalue weighted by atomic mass is 35.5. The number of nitrogens with one attached hydrogen (secondary N) is 2. The maximum atomic E-state index is 13.4. The van der Waals surface area contributed by atoms with Crippen LogP contribution in [0.2, 0.25) is 5.15 Å². The summed E-state index contributed by atoms with van der Waals surface area (Å²) in [6.07, 6.45) is 2.82. The molecule has 2 aliphatic rings. The molecule has 1 saturated carbocycles. The Morgan fingerprint density at radius 1 is 1.09 bits per heavy atom. The van der Waals surface area contributed by atoms with Crippen LogP contribution in [0.1, 0.15) is 42.9 Å². The van der Waals surface area contributed by atoms with E-state index in [1.165, 1.54) is 6.20 Å². The molecular weight excluding hydrogens is 479 g/mol. The van der Waals surface area contributed by atoms with Crippen LogP contribution >= 0.6 is 11.6 Å². The molecule has 0 atom stereocenters. The number of H-pyrrole nitrogens is 1. The van der Waals surface area contributed by atoms with E-state index in [2.05, 4.69) is 25.2 Å². The molecule has 2 N–H and O–H groups in total. The van der Waals surface area contributed by atoms with Crippen molar-refractivity contribution >= 4 is 39.4 Å². The van der Waals surface area contributed by atoms with Gasteiger partial charge in [0.25, 0.3) is 0 Å². The van der Waals surface area contributed by atoms with Crippen molar-refractivity contribution in [3.05, 3.63) is 40.9 Å². The van der Waals surface area contributed by atoms with Gasteiger partial charge in [-0.2, -0.15) is 13.2 Å². The highest BCUT2D eigenvalue weighted by molar-refractivity contribution is 6.34. The van der Waals surface area contributed by atoms with Gasteiger partial charge in [-0.05, 0) is 62.4 Å². The summed E-state index contributed by atoms with van der Waals surface area (Å²) in [6, 6.07) is 2.96. The Morgan fingerprint density at radius 3 is 2.57 bits per heavy atom. The van der Waals surface area contributed by atoms with Crippen LogP contribution < -0.4 is 10.2 Å². The molecule has 11 heteroatoms. The van der Waals surface area contributed by atoms with Crippen molar-refractivity contribution in [3.8, 4) is 11.4 Å². The Bertz CT molecular complexity index is 1420. The van der Waals surface area contributed by atoms with Gasteiger partial charge in [-0.15, -0.1) is 0 Å². The van der Waals surface area contributed by atoms with Crippen LogP contribution in [0.5, 0.6) is 0 Å². The molecule has 0 aromatic carbocycles. The number of fused-ring (bicyclic) bond motifs is 2. The van der Waals surface area contributed by atoms with Gasteiger partial charge in [0.05, 0.1) is 5.39 Å². The second kappa shape index (κ2) is 8.30. The minimum atomic E-state index is -4.52. The summed E-state index contributed by atoms with van der Waals surface area (Å²) in [7, 11) is 2.02. The summed E-state index contributed by atoms with van der Waals surface area (Å²) in [5.74, 6) is 1.42. The number of aromatic nitrogens is 5. The van der Waals surface area contributed by atoms with Gasteiger partial charge < -0.3 is 15.2 Å². The number of nitrogens with zero attached hydrogens (tertiary/aromatic N) is 5. The summed E-state index contributed by atoms with van der Waals surface area (Å²) in [5.41, 5.74) is 1.32. The molecule has 0 bridgehead atoms. The molecule has 6 rings (SSSR count). The number of aromatic amines is 1. The van der Waals surface area contributed by atoms with Gasteiger partial charge in [-0.3, -0.25) is 0 Å². The summed E-state index contributed by atoms with van der Waals surface area (Å²) < 4.78 is 40.2. The van der Waals surface area contributed by atoms with E-state index in [0.29, 0.717) is 28.2 Å². The molecule has 0 radical (unpaired) electrons. The first-order chi connectivity index (χ1) is 16.8. The number of halogens is 4. The summed E-state index contributed by atoms with van der Waals surface area (Å²) in [5, 5.41) is 4.82. The SMILES string of the molecule is CN(c1nc(-c2ccnc3[nH]c(C(F)(F)F)cc23)nc2c(Cl)ncc(C3CC3)c12)C1CCNCC1. The lowest BCUT2D eigenvalue weighted by Crippen LogP contribution is -2.41. The van der Waals surface area contributed by atoms with Crippen molar-refractivity contribution in [1.29, 1.82) is 0 Å². The average Bonchev–Trinajstić information content (AvgIpc) is 3.59. The molecule has 2 fully saturated rings. The maximum absolute atomic E-state index is 13.4. The second-order valence-electron chi connectivity index (χ2n) is 9.27. The van der Waals surface area contributed by atoms with Crippen LogP contribution in [0.15, 0.2) is 24.5 Å². The van der Waals surface area contributed by atoms with Gasteiger partial charge >= 0.3 is 6.18 Å². The largest absolute Gasteiger partial charge is 0.431 e. The second-order valence-corrected chi connectivity index (χ2v) is 9.62. The Morgan fingerprint density at radius 2 is 1.86 bits per heavy atom. The number of anilines is 1. The van der Waals surface area contributed by atoms with Gasteiger partial charge in [-0.25, -0.2) is 19.9 Å². The monoisotopic (exact) mass is 501 g/mol. The lowest BCUT2D eigenvalue weighted by atomic mass is 10.0. The standard InChI is InChI=1S/C24H23ClF3N7/c1-35(13-4-7-29-8-5-13)23-18-16(12-2-3-12)11-31-20(25)19(18)33-22(34-23)14-6-9-30-21-15(14)10-17(32-21)24(26,27)28/h6,9-13,29H,2-5,7-8H2,1H3,(H,30,32). The number of hydrogen-bond acceptors (Lipinski definition) is 6. The fourth-order valence-electron chi connectivity index (χ4n) is 4.94. The van der Waals surface area contributed by atoms with Gasteiger partial charge in [0.15, 0.2) is 11.0 Å². The normalized spacial score (nSPS) is 17.4. The van der Waals surface area contributed by atoms with Crippen LogP contribution in [0, 0.1) is 0 Å². The lowest BCUT2D eigenvalue weighted by Gasteiger charge is -2.33. The van der Waals surface area contributed by atoms with Gasteiger partial charge in [0, 0.05) is 36.4 Å². The zero-order valence-electron chi connectivity index (χ0n) is 19.0. The van der Waals surface area contributed by atoms with Gasteiger partial charge in [0.1, 0.15) is 22.7 Å². The van der Waals surface area contributed by atoms with Crippen molar-refractivity contribution in [2.75, 3.05) is 25.0 Å². The quantitative estimate of drug-likeness (QED) is 0.369. The molecule has 182 valence electrons. The molecule has 4 aromatic heterocycles. The first-order valence-corrected chi connectivity index (χ1v) is 12.0. The van der Waals surface area contributed by atoms with Gasteiger partial charge in [-0.1, -0.05) is 11.6 Å². The van der Waals surface area contributed by atoms with Crippen molar-refractivity contribution in [2.24, 2.45) is 0 Å². The van der Waals surface area contributed by atoms with E-state index in [0.717, 1.165) is 61.6 Å². The Kier molecular flexibility index (Phi) is 5.33.